The van der Waals surface area contributed by atoms with E-state index >= 15 is 0 Å². The number of ketones is 2. The molecule has 0 spiro atoms. The van der Waals surface area contributed by atoms with E-state index in [0.29, 0.717) is 0 Å². The van der Waals surface area contributed by atoms with Crippen molar-refractivity contribution in [2.24, 2.45) is 23.7 Å². The number of fused-ring (bicyclic) bond motifs is 8. The van der Waals surface area contributed by atoms with Crippen molar-refractivity contribution >= 4 is 11.6 Å². The predicted molar refractivity (Wildman–Crippen MR) is 65.5 cm³/mol. The molecule has 0 N–H and O–H groups in total. The number of hydrogen-bond donors (Lipinski definition) is 0. The van der Waals surface area contributed by atoms with Crippen molar-refractivity contribution in [1.82, 2.24) is 0 Å². The maximum atomic E-state index is 12.7. The zero-order valence-corrected chi connectivity index (χ0v) is 9.85. The fraction of sp³-hybridized carbons (Fsp3) is 0.375. The summed E-state index contributed by atoms with van der Waals surface area (Å²) in [6, 6.07) is 0. The number of Topliss-reactive ketones (excluding diaryl/α,β-unsaturated/α-hetero) is 2. The van der Waals surface area contributed by atoms with Gasteiger partial charge >= 0.3 is 0 Å². The quantitative estimate of drug-likeness (QED) is 0.477. The van der Waals surface area contributed by atoms with Gasteiger partial charge in [-0.2, -0.15) is 0 Å². The Morgan fingerprint density at radius 2 is 0.889 bits per heavy atom. The number of hydrogen-bond acceptors (Lipinski definition) is 2. The van der Waals surface area contributed by atoms with Gasteiger partial charge in [-0.15, -0.1) is 0 Å². The van der Waals surface area contributed by atoms with Gasteiger partial charge < -0.3 is 0 Å². The molecule has 4 unspecified atom stereocenters. The molecule has 0 fully saturated rings. The van der Waals surface area contributed by atoms with Crippen LogP contribution >= 0.6 is 0 Å². The Balaban J connectivity index is 1.74. The van der Waals surface area contributed by atoms with E-state index in [4.69, 9.17) is 0 Å². The van der Waals surface area contributed by atoms with Crippen LogP contribution in [0.2, 0.25) is 0 Å². The first kappa shape index (κ1) is 9.26. The minimum atomic E-state index is 0.188. The predicted octanol–water partition coefficient (Wildman–Crippen LogP) is 2.14. The molecule has 0 aromatic carbocycles. The van der Waals surface area contributed by atoms with E-state index in [9.17, 15) is 9.59 Å². The van der Waals surface area contributed by atoms with Crippen LogP contribution < -0.4 is 0 Å². The van der Waals surface area contributed by atoms with Gasteiger partial charge in [-0.05, 0) is 12.8 Å². The van der Waals surface area contributed by atoms with Crippen LogP contribution in [0.25, 0.3) is 0 Å². The van der Waals surface area contributed by atoms with Crippen LogP contribution in [0.15, 0.2) is 46.6 Å². The molecule has 0 amide bonds. The van der Waals surface area contributed by atoms with E-state index < -0.39 is 0 Å². The second-order valence-electron chi connectivity index (χ2n) is 5.98. The summed E-state index contributed by atoms with van der Waals surface area (Å²) in [5, 5.41) is 0. The van der Waals surface area contributed by atoms with Gasteiger partial charge in [0.15, 0.2) is 11.6 Å². The lowest BCUT2D eigenvalue weighted by molar-refractivity contribution is -0.117. The van der Waals surface area contributed by atoms with Crippen LogP contribution in [0.4, 0.5) is 0 Å². The minimum Gasteiger partial charge on any atom is -0.289 e. The Bertz CT molecular complexity index is 551. The topological polar surface area (TPSA) is 34.1 Å². The van der Waals surface area contributed by atoms with Crippen LogP contribution in [0.1, 0.15) is 12.8 Å². The van der Waals surface area contributed by atoms with Gasteiger partial charge in [0, 0.05) is 46.0 Å². The number of carbonyl (C=O) groups is 2. The molecule has 0 aromatic heterocycles. The van der Waals surface area contributed by atoms with Gasteiger partial charge in [0.05, 0.1) is 0 Å². The Morgan fingerprint density at radius 3 is 1.17 bits per heavy atom. The van der Waals surface area contributed by atoms with Crippen LogP contribution in [0, 0.1) is 23.7 Å². The molecule has 5 rings (SSSR count). The van der Waals surface area contributed by atoms with E-state index in [1.54, 1.807) is 0 Å². The average molecular weight is 236 g/mol. The number of allylic oxidation sites excluding steroid dienone is 8. The largest absolute Gasteiger partial charge is 0.289 e. The Labute approximate surface area is 105 Å². The van der Waals surface area contributed by atoms with Crippen molar-refractivity contribution in [2.75, 3.05) is 0 Å². The zero-order chi connectivity index (χ0) is 12.0. The second-order valence-corrected chi connectivity index (χ2v) is 5.98. The van der Waals surface area contributed by atoms with Crippen LogP contribution in [-0.4, -0.2) is 11.6 Å². The van der Waals surface area contributed by atoms with Gasteiger partial charge in [-0.1, -0.05) is 24.3 Å². The molecule has 2 nitrogen and oxygen atoms in total. The maximum Gasteiger partial charge on any atom is 0.187 e. The highest BCUT2D eigenvalue weighted by Gasteiger charge is 2.52. The van der Waals surface area contributed by atoms with E-state index in [1.807, 2.05) is 0 Å². The molecule has 18 heavy (non-hydrogen) atoms. The van der Waals surface area contributed by atoms with Crippen molar-refractivity contribution in [3.8, 4) is 0 Å². The summed E-state index contributed by atoms with van der Waals surface area (Å²) in [4.78, 5) is 25.4. The first-order valence-electron chi connectivity index (χ1n) is 6.70. The standard InChI is InChI=1S/C16H12O2/c17-15-11-7-1-2-8(5-7)12(11)16(18)14-10-4-3-9(6-10)13(14)15/h1-4,7-10H,5-6H2. The summed E-state index contributed by atoms with van der Waals surface area (Å²) < 4.78 is 0. The smallest absolute Gasteiger partial charge is 0.187 e. The van der Waals surface area contributed by atoms with Crippen LogP contribution in [-0.2, 0) is 9.59 Å². The molecule has 5 aliphatic carbocycles. The summed E-state index contributed by atoms with van der Waals surface area (Å²) in [5.74, 6) is 1.26. The maximum absolute atomic E-state index is 12.7. The molecule has 4 bridgehead atoms. The van der Waals surface area contributed by atoms with Crippen molar-refractivity contribution in [2.45, 2.75) is 12.8 Å². The summed E-state index contributed by atoms with van der Waals surface area (Å²) in [5.41, 5.74) is 3.36. The summed E-state index contributed by atoms with van der Waals surface area (Å²) >= 11 is 0. The average Bonchev–Trinajstić information content (AvgIpc) is 3.10. The fourth-order valence-corrected chi connectivity index (χ4v) is 4.51. The fourth-order valence-electron chi connectivity index (χ4n) is 4.51. The molecule has 4 atom stereocenters. The highest BCUT2D eigenvalue weighted by Crippen LogP contribution is 2.55. The third kappa shape index (κ3) is 0.798. The number of rotatable bonds is 0. The van der Waals surface area contributed by atoms with Crippen molar-refractivity contribution in [1.29, 1.82) is 0 Å². The molecule has 88 valence electrons. The van der Waals surface area contributed by atoms with Crippen LogP contribution in [0.5, 0.6) is 0 Å². The van der Waals surface area contributed by atoms with E-state index in [0.717, 1.165) is 35.1 Å². The van der Waals surface area contributed by atoms with Crippen LogP contribution in [0.3, 0.4) is 0 Å². The molecule has 0 aliphatic heterocycles. The molecule has 0 saturated heterocycles. The highest BCUT2D eigenvalue weighted by atomic mass is 16.1. The lowest BCUT2D eigenvalue weighted by atomic mass is 9.76. The molecule has 0 aromatic rings. The van der Waals surface area contributed by atoms with Gasteiger partial charge in [0.1, 0.15) is 0 Å². The van der Waals surface area contributed by atoms with Gasteiger partial charge in [-0.25, -0.2) is 0 Å². The van der Waals surface area contributed by atoms with E-state index in [1.165, 1.54) is 0 Å². The Morgan fingerprint density at radius 1 is 0.611 bits per heavy atom. The summed E-state index contributed by atoms with van der Waals surface area (Å²) in [6.45, 7) is 0. The third-order valence-corrected chi connectivity index (χ3v) is 5.21. The molecular weight excluding hydrogens is 224 g/mol. The van der Waals surface area contributed by atoms with Gasteiger partial charge in [-0.3, -0.25) is 9.59 Å². The van der Waals surface area contributed by atoms with Gasteiger partial charge in [0.25, 0.3) is 0 Å². The number of carbonyl (C=O) groups excluding carboxylic acids is 2. The first-order chi connectivity index (χ1) is 8.75. The molecule has 0 heterocycles. The lowest BCUT2D eigenvalue weighted by Gasteiger charge is -2.25. The van der Waals surface area contributed by atoms with E-state index in [2.05, 4.69) is 24.3 Å². The SMILES string of the molecule is O=C1C2=C(C(=O)C3=C1C1C=CC3C1)C1C=CC2C1. The normalized spacial score (nSPS) is 42.4. The minimum absolute atomic E-state index is 0.188. The van der Waals surface area contributed by atoms with Crippen molar-refractivity contribution in [3.05, 3.63) is 46.6 Å². The third-order valence-electron chi connectivity index (χ3n) is 5.21. The van der Waals surface area contributed by atoms with Crippen molar-refractivity contribution in [3.63, 3.8) is 0 Å². The summed E-state index contributed by atoms with van der Waals surface area (Å²) in [6.07, 6.45) is 10.4. The Kier molecular flexibility index (Phi) is 1.37. The van der Waals surface area contributed by atoms with Crippen molar-refractivity contribution < 1.29 is 9.59 Å². The monoisotopic (exact) mass is 236 g/mol. The highest BCUT2D eigenvalue weighted by molar-refractivity contribution is 6.28. The van der Waals surface area contributed by atoms with E-state index in [-0.39, 0.29) is 35.2 Å². The first-order valence-corrected chi connectivity index (χ1v) is 6.70. The second kappa shape index (κ2) is 2.66. The van der Waals surface area contributed by atoms with Gasteiger partial charge in [0.2, 0.25) is 0 Å². The zero-order valence-electron chi connectivity index (χ0n) is 9.85. The Hall–Kier alpha value is -1.70. The molecule has 0 saturated carbocycles. The molecular formula is C16H12O2. The lowest BCUT2D eigenvalue weighted by Crippen LogP contribution is -2.27. The molecule has 5 aliphatic rings. The molecule has 0 radical (unpaired) electrons. The molecule has 2 heteroatoms. The summed E-state index contributed by atoms with van der Waals surface area (Å²) in [7, 11) is 0.